The molecule has 0 aliphatic carbocycles. The van der Waals surface area contributed by atoms with Gasteiger partial charge in [0.05, 0.1) is 11.9 Å². The van der Waals surface area contributed by atoms with Gasteiger partial charge in [-0.15, -0.1) is 0 Å². The van der Waals surface area contributed by atoms with Crippen LogP contribution < -0.4 is 4.72 Å². The topological polar surface area (TPSA) is 72.2 Å². The van der Waals surface area contributed by atoms with Gasteiger partial charge in [0.1, 0.15) is 5.76 Å². The van der Waals surface area contributed by atoms with Crippen LogP contribution in [-0.4, -0.2) is 19.9 Å². The van der Waals surface area contributed by atoms with Gasteiger partial charge in [0.25, 0.3) is 0 Å². The Bertz CT molecular complexity index is 682. The van der Waals surface area contributed by atoms with E-state index in [4.69, 9.17) is 16.0 Å². The Morgan fingerprint density at radius 2 is 2.10 bits per heavy atom. The Morgan fingerprint density at radius 1 is 1.35 bits per heavy atom. The van der Waals surface area contributed by atoms with Crippen molar-refractivity contribution >= 4 is 21.6 Å². The van der Waals surface area contributed by atoms with E-state index in [1.165, 1.54) is 0 Å². The quantitative estimate of drug-likeness (QED) is 0.888. The largest absolute Gasteiger partial charge is 0.446 e. The second-order valence-corrected chi connectivity index (χ2v) is 6.57. The lowest BCUT2D eigenvalue weighted by Crippen LogP contribution is -2.27. The van der Waals surface area contributed by atoms with E-state index in [9.17, 15) is 8.42 Å². The SMILES string of the molecule is Cc1cnc(CCNS(=O)(=O)Cc2ccccc2Cl)o1. The van der Waals surface area contributed by atoms with E-state index in [0.29, 0.717) is 28.7 Å². The van der Waals surface area contributed by atoms with Crippen LogP contribution in [0.1, 0.15) is 17.2 Å². The van der Waals surface area contributed by atoms with Crippen molar-refractivity contribution in [3.05, 3.63) is 52.7 Å². The average Bonchev–Trinajstić information content (AvgIpc) is 2.77. The summed E-state index contributed by atoms with van der Waals surface area (Å²) < 4.78 is 31.6. The number of nitrogens with zero attached hydrogens (tertiary/aromatic N) is 1. The molecule has 0 saturated heterocycles. The number of benzene rings is 1. The molecule has 108 valence electrons. The van der Waals surface area contributed by atoms with Gasteiger partial charge in [-0.1, -0.05) is 29.8 Å². The maximum absolute atomic E-state index is 11.9. The summed E-state index contributed by atoms with van der Waals surface area (Å²) in [4.78, 5) is 4.01. The molecule has 0 aliphatic heterocycles. The van der Waals surface area contributed by atoms with E-state index >= 15 is 0 Å². The van der Waals surface area contributed by atoms with Crippen LogP contribution >= 0.6 is 11.6 Å². The van der Waals surface area contributed by atoms with Gasteiger partial charge < -0.3 is 4.42 Å². The number of nitrogens with one attached hydrogen (secondary N) is 1. The van der Waals surface area contributed by atoms with E-state index in [1.807, 2.05) is 0 Å². The molecule has 5 nitrogen and oxygen atoms in total. The zero-order valence-corrected chi connectivity index (χ0v) is 12.5. The van der Waals surface area contributed by atoms with E-state index in [0.717, 1.165) is 0 Å². The molecule has 1 N–H and O–H groups in total. The van der Waals surface area contributed by atoms with Crippen molar-refractivity contribution in [3.8, 4) is 0 Å². The third-order valence-electron chi connectivity index (χ3n) is 2.63. The number of hydrogen-bond acceptors (Lipinski definition) is 4. The zero-order valence-electron chi connectivity index (χ0n) is 11.0. The van der Waals surface area contributed by atoms with Gasteiger partial charge in [0.15, 0.2) is 5.89 Å². The lowest BCUT2D eigenvalue weighted by Gasteiger charge is -2.07. The van der Waals surface area contributed by atoms with Gasteiger partial charge in [-0.2, -0.15) is 0 Å². The maximum Gasteiger partial charge on any atom is 0.215 e. The number of rotatable bonds is 6. The van der Waals surface area contributed by atoms with E-state index < -0.39 is 10.0 Å². The Morgan fingerprint density at radius 3 is 2.75 bits per heavy atom. The van der Waals surface area contributed by atoms with Gasteiger partial charge in [-0.3, -0.25) is 0 Å². The van der Waals surface area contributed by atoms with Crippen LogP contribution in [0.5, 0.6) is 0 Å². The Kier molecular flexibility index (Phi) is 4.80. The molecule has 0 saturated carbocycles. The molecule has 1 heterocycles. The minimum Gasteiger partial charge on any atom is -0.446 e. The minimum absolute atomic E-state index is 0.142. The van der Waals surface area contributed by atoms with Crippen molar-refractivity contribution in [2.75, 3.05) is 6.54 Å². The fraction of sp³-hybridized carbons (Fsp3) is 0.308. The van der Waals surface area contributed by atoms with Crippen molar-refractivity contribution in [2.24, 2.45) is 0 Å². The number of hydrogen-bond donors (Lipinski definition) is 1. The normalized spacial score (nSPS) is 11.7. The van der Waals surface area contributed by atoms with Crippen LogP contribution in [0, 0.1) is 6.92 Å². The standard InChI is InChI=1S/C13H15ClN2O3S/c1-10-8-15-13(19-10)6-7-16-20(17,18)9-11-4-2-3-5-12(11)14/h2-5,8,16H,6-7,9H2,1H3. The summed E-state index contributed by atoms with van der Waals surface area (Å²) in [5, 5.41) is 0.446. The summed E-state index contributed by atoms with van der Waals surface area (Å²) in [5.74, 6) is 1.08. The summed E-state index contributed by atoms with van der Waals surface area (Å²) in [6, 6.07) is 6.88. The molecule has 7 heteroatoms. The molecule has 2 aromatic rings. The second kappa shape index (κ2) is 6.39. The van der Waals surface area contributed by atoms with Crippen LogP contribution in [0.15, 0.2) is 34.9 Å². The lowest BCUT2D eigenvalue weighted by atomic mass is 10.2. The molecule has 0 spiro atoms. The number of oxazole rings is 1. The highest BCUT2D eigenvalue weighted by atomic mass is 35.5. The molecule has 0 fully saturated rings. The second-order valence-electron chi connectivity index (χ2n) is 4.36. The zero-order chi connectivity index (χ0) is 14.6. The highest BCUT2D eigenvalue weighted by Crippen LogP contribution is 2.17. The van der Waals surface area contributed by atoms with Gasteiger partial charge in [-0.25, -0.2) is 18.1 Å². The molecule has 20 heavy (non-hydrogen) atoms. The van der Waals surface area contributed by atoms with Gasteiger partial charge in [0.2, 0.25) is 10.0 Å². The van der Waals surface area contributed by atoms with Crippen LogP contribution in [-0.2, 0) is 22.2 Å². The van der Waals surface area contributed by atoms with Crippen molar-refractivity contribution in [1.82, 2.24) is 9.71 Å². The van der Waals surface area contributed by atoms with Crippen molar-refractivity contribution < 1.29 is 12.8 Å². The first-order chi connectivity index (χ1) is 9.46. The molecule has 0 unspecified atom stereocenters. The minimum atomic E-state index is -3.42. The third-order valence-corrected chi connectivity index (χ3v) is 4.34. The number of aromatic nitrogens is 1. The highest BCUT2D eigenvalue weighted by molar-refractivity contribution is 7.88. The summed E-state index contributed by atoms with van der Waals surface area (Å²) in [6.45, 7) is 2.03. The Balaban J connectivity index is 1.90. The lowest BCUT2D eigenvalue weighted by molar-refractivity contribution is 0.469. The fourth-order valence-electron chi connectivity index (χ4n) is 1.70. The number of sulfonamides is 1. The van der Waals surface area contributed by atoms with Gasteiger partial charge in [0, 0.05) is 18.0 Å². The molecule has 0 bridgehead atoms. The molecular weight excluding hydrogens is 300 g/mol. The predicted octanol–water partition coefficient (Wildman–Crippen LogP) is 2.30. The fourth-order valence-corrected chi connectivity index (χ4v) is 3.16. The summed E-state index contributed by atoms with van der Waals surface area (Å²) in [5.41, 5.74) is 0.577. The smallest absolute Gasteiger partial charge is 0.215 e. The van der Waals surface area contributed by atoms with Crippen LogP contribution in [0.2, 0.25) is 5.02 Å². The summed E-state index contributed by atoms with van der Waals surface area (Å²) in [7, 11) is -3.42. The molecule has 0 radical (unpaired) electrons. The molecule has 1 aromatic carbocycles. The summed E-state index contributed by atoms with van der Waals surface area (Å²) in [6.07, 6.45) is 2.02. The first-order valence-electron chi connectivity index (χ1n) is 6.08. The Hall–Kier alpha value is -1.37. The number of halogens is 1. The van der Waals surface area contributed by atoms with E-state index in [-0.39, 0.29) is 12.3 Å². The first kappa shape index (κ1) is 15.0. The molecule has 0 atom stereocenters. The monoisotopic (exact) mass is 314 g/mol. The van der Waals surface area contributed by atoms with Gasteiger partial charge in [-0.05, 0) is 18.6 Å². The van der Waals surface area contributed by atoms with Crippen LogP contribution in [0.25, 0.3) is 0 Å². The van der Waals surface area contributed by atoms with Crippen molar-refractivity contribution in [2.45, 2.75) is 19.1 Å². The number of aryl methyl sites for hydroxylation is 1. The molecule has 0 amide bonds. The molecule has 2 rings (SSSR count). The summed E-state index contributed by atoms with van der Waals surface area (Å²) >= 11 is 5.95. The first-order valence-corrected chi connectivity index (χ1v) is 8.11. The van der Waals surface area contributed by atoms with E-state index in [1.54, 1.807) is 37.4 Å². The predicted molar refractivity (Wildman–Crippen MR) is 77.0 cm³/mol. The van der Waals surface area contributed by atoms with Crippen LogP contribution in [0.3, 0.4) is 0 Å². The van der Waals surface area contributed by atoms with E-state index in [2.05, 4.69) is 9.71 Å². The highest BCUT2D eigenvalue weighted by Gasteiger charge is 2.13. The van der Waals surface area contributed by atoms with Crippen molar-refractivity contribution in [1.29, 1.82) is 0 Å². The van der Waals surface area contributed by atoms with Gasteiger partial charge >= 0.3 is 0 Å². The van der Waals surface area contributed by atoms with Crippen LogP contribution in [0.4, 0.5) is 0 Å². The third kappa shape index (κ3) is 4.33. The molecular formula is C13H15ClN2O3S. The maximum atomic E-state index is 11.9. The molecule has 0 aliphatic rings. The average molecular weight is 315 g/mol. The molecule has 1 aromatic heterocycles. The van der Waals surface area contributed by atoms with Crippen molar-refractivity contribution in [3.63, 3.8) is 0 Å². The Labute approximate surface area is 123 Å².